The molecule has 13 atom stereocenters. The average Bonchev–Trinajstić information content (AvgIpc) is 1.65. The lowest BCUT2D eigenvalue weighted by molar-refractivity contribution is -0.157. The Bertz CT molecular complexity index is 2470. The molecule has 0 saturated carbocycles. The van der Waals surface area contributed by atoms with Gasteiger partial charge in [-0.3, -0.25) is 52.7 Å². The van der Waals surface area contributed by atoms with Crippen molar-refractivity contribution in [3.05, 3.63) is 12.2 Å². The van der Waals surface area contributed by atoms with Crippen molar-refractivity contribution in [1.29, 1.82) is 0 Å². The van der Waals surface area contributed by atoms with Crippen LogP contribution >= 0.6 is 0 Å². The summed E-state index contributed by atoms with van der Waals surface area (Å²) in [6.07, 6.45) is 3.37. The topological polar surface area (TPSA) is 288 Å². The van der Waals surface area contributed by atoms with Gasteiger partial charge in [0.25, 0.3) is 0 Å². The number of amides is 11. The highest BCUT2D eigenvalue weighted by atomic mass is 16.5. The van der Waals surface area contributed by atoms with Crippen molar-refractivity contribution in [2.24, 2.45) is 35.5 Å². The van der Waals surface area contributed by atoms with Crippen LogP contribution in [0, 0.1) is 35.5 Å². The first-order valence-electron chi connectivity index (χ1n) is 32.5. The Morgan fingerprint density at radius 2 is 0.933 bits per heavy atom. The van der Waals surface area contributed by atoms with E-state index >= 15 is 14.4 Å². The second-order valence-corrected chi connectivity index (χ2v) is 27.7. The van der Waals surface area contributed by atoms with Gasteiger partial charge in [-0.1, -0.05) is 102 Å². The summed E-state index contributed by atoms with van der Waals surface area (Å²) in [6, 6.07) is -14.0. The lowest BCUT2D eigenvalue weighted by Crippen LogP contribution is -2.64. The molecule has 11 amide bonds. The highest BCUT2D eigenvalue weighted by Gasteiger charge is 2.46. The summed E-state index contributed by atoms with van der Waals surface area (Å²) in [4.78, 5) is 171. The van der Waals surface area contributed by atoms with Crippen LogP contribution in [0.1, 0.15) is 176 Å². The first kappa shape index (κ1) is 81.8. The summed E-state index contributed by atoms with van der Waals surface area (Å²) in [5, 5.41) is 23.2. The van der Waals surface area contributed by atoms with Crippen molar-refractivity contribution < 1.29 is 62.6 Å². The normalized spacial score (nSPS) is 27.0. The van der Waals surface area contributed by atoms with Crippen molar-refractivity contribution in [2.45, 2.75) is 255 Å². The Hall–Kier alpha value is -6.17. The van der Waals surface area contributed by atoms with Gasteiger partial charge in [0.2, 0.25) is 65.0 Å². The summed E-state index contributed by atoms with van der Waals surface area (Å²) < 4.78 is 6.18. The number of ether oxygens (including phenoxy) is 1. The molecular weight excluding hydrogens is 1150 g/mol. The molecular formula is C66H119N11O13. The van der Waals surface area contributed by atoms with Crippen LogP contribution in [0.3, 0.4) is 0 Å². The molecule has 1 saturated heterocycles. The molecule has 90 heavy (non-hydrogen) atoms. The van der Waals surface area contributed by atoms with Gasteiger partial charge >= 0.3 is 0 Å². The number of hydrogen-bond acceptors (Lipinski definition) is 13. The molecule has 24 heteroatoms. The van der Waals surface area contributed by atoms with Crippen LogP contribution in [0.4, 0.5) is 0 Å². The highest BCUT2D eigenvalue weighted by molar-refractivity contribution is 6.00. The molecule has 1 aliphatic rings. The van der Waals surface area contributed by atoms with Crippen LogP contribution in [0.5, 0.6) is 0 Å². The number of nitrogens with zero attached hydrogens (tertiary/aromatic N) is 7. The molecule has 1 heterocycles. The van der Waals surface area contributed by atoms with Gasteiger partial charge in [0.1, 0.15) is 66.5 Å². The Balaban J connectivity index is 4.46. The van der Waals surface area contributed by atoms with Crippen molar-refractivity contribution in [1.82, 2.24) is 55.6 Å². The van der Waals surface area contributed by atoms with E-state index in [1.807, 2.05) is 48.5 Å². The predicted octanol–water partition coefficient (Wildman–Crippen LogP) is 4.21. The van der Waals surface area contributed by atoms with E-state index in [1.54, 1.807) is 74.5 Å². The first-order chi connectivity index (χ1) is 41.5. The van der Waals surface area contributed by atoms with Crippen molar-refractivity contribution in [3.8, 4) is 0 Å². The van der Waals surface area contributed by atoms with E-state index in [2.05, 4.69) is 21.3 Å². The molecule has 0 aromatic heterocycles. The molecule has 0 radical (unpaired) electrons. The second kappa shape index (κ2) is 36.8. The molecule has 0 spiro atoms. The summed E-state index contributed by atoms with van der Waals surface area (Å²) in [5.74, 6) is -9.91. The summed E-state index contributed by atoms with van der Waals surface area (Å²) in [6.45, 7) is 33.4. The van der Waals surface area contributed by atoms with Crippen molar-refractivity contribution in [2.75, 3.05) is 55.9 Å². The number of allylic oxidation sites excluding steroid dienone is 2. The third kappa shape index (κ3) is 22.6. The number of aliphatic hydroxyl groups is 1. The fraction of sp³-hybridized carbons (Fsp3) is 0.803. The SMILES string of the molecule is C/C=C/C[C@@H](C)[C@@H](O)[C@H]1C(=O)N[C@@H](CC)C(=O)N(C)[C@H](C)C(=O)N(C)[C@@H](CC(C)(C)OCCC)C(=O)N[C@@H](C(C)C)C(=O)N(C)[C@@H](CC(C)C)C(=O)N[C@@H](C)C(=O)N[C@H](C)C(=O)N(C)[C@@H](CC(C)C)C(=O)N(C)[C@@H](CC(C)C)C(=O)N(C)[C@@H](C(C)C)C(=O)N1C. The minimum Gasteiger partial charge on any atom is -0.390 e. The van der Waals surface area contributed by atoms with E-state index in [9.17, 15) is 43.5 Å². The van der Waals surface area contributed by atoms with Gasteiger partial charge in [-0.15, -0.1) is 0 Å². The first-order valence-corrected chi connectivity index (χ1v) is 32.5. The van der Waals surface area contributed by atoms with Crippen molar-refractivity contribution in [3.63, 3.8) is 0 Å². The fourth-order valence-corrected chi connectivity index (χ4v) is 11.3. The zero-order chi connectivity index (χ0) is 69.9. The number of carbonyl (C=O) groups is 11. The van der Waals surface area contributed by atoms with E-state index in [0.717, 1.165) is 9.80 Å². The zero-order valence-corrected chi connectivity index (χ0v) is 59.7. The molecule has 0 aromatic carbocycles. The number of likely N-dealkylation sites (N-methyl/N-ethyl adjacent to an activating group) is 7. The Kier molecular flexibility index (Phi) is 33.4. The van der Waals surface area contributed by atoms with E-state index in [-0.39, 0.29) is 49.9 Å². The smallest absolute Gasteiger partial charge is 0.246 e. The standard InChI is InChI=1S/C66H119N11O13/c1-27-30-31-42(14)54(78)53-58(82)69-46(29-3)61(85)71(20)45(17)60(84)75(24)50(36-66(18,19)90-32-28-2)57(81)70-51(40(10)11)64(88)72(21)47(33-37(4)5)56(80)67-43(15)55(79)68-44(16)59(83)73(22)48(34-38(6)7)62(86)74(23)49(35-39(8)9)63(87)76(25)52(41(12)13)65(89)77(53)26/h27,30,37-54,78H,28-29,31-36H2,1-26H3,(H,67,80)(H,68,79)(H,69,82)(H,70,81)/b30-27+/t42-,43+,44-,45-,46+,47+,48+,49+,50+,51+,52+,53+,54-/m1/s1. The molecule has 0 bridgehead atoms. The van der Waals surface area contributed by atoms with Crippen LogP contribution in [-0.4, -0.2) is 238 Å². The van der Waals surface area contributed by atoms with Crippen LogP contribution < -0.4 is 21.3 Å². The molecule has 1 rings (SSSR count). The Labute approximate surface area is 539 Å². The van der Waals surface area contributed by atoms with Crippen LogP contribution in [-0.2, 0) is 57.5 Å². The maximum atomic E-state index is 15.2. The van der Waals surface area contributed by atoms with Gasteiger partial charge in [-0.25, -0.2) is 0 Å². The largest absolute Gasteiger partial charge is 0.390 e. The van der Waals surface area contributed by atoms with E-state index < -0.39 is 161 Å². The van der Waals surface area contributed by atoms with Gasteiger partial charge in [-0.2, -0.15) is 0 Å². The third-order valence-electron chi connectivity index (χ3n) is 17.3. The predicted molar refractivity (Wildman–Crippen MR) is 349 cm³/mol. The van der Waals surface area contributed by atoms with Crippen LogP contribution in [0.15, 0.2) is 12.2 Å². The zero-order valence-electron chi connectivity index (χ0n) is 59.7. The molecule has 0 aliphatic carbocycles. The maximum absolute atomic E-state index is 15.2. The molecule has 24 nitrogen and oxygen atoms in total. The lowest BCUT2D eigenvalue weighted by Gasteiger charge is -2.41. The minimum absolute atomic E-state index is 0.00260. The molecule has 516 valence electrons. The number of hydrogen-bond donors (Lipinski definition) is 5. The number of rotatable bonds is 18. The van der Waals surface area contributed by atoms with Crippen LogP contribution in [0.2, 0.25) is 0 Å². The van der Waals surface area contributed by atoms with Gasteiger partial charge in [0.15, 0.2) is 0 Å². The van der Waals surface area contributed by atoms with Gasteiger partial charge in [0, 0.05) is 62.4 Å². The monoisotopic (exact) mass is 1270 g/mol. The minimum atomic E-state index is -1.63. The lowest BCUT2D eigenvalue weighted by atomic mass is 9.91. The second-order valence-electron chi connectivity index (χ2n) is 27.7. The number of carbonyl (C=O) groups excluding carboxylic acids is 11. The maximum Gasteiger partial charge on any atom is 0.246 e. The fourth-order valence-electron chi connectivity index (χ4n) is 11.3. The quantitative estimate of drug-likeness (QED) is 0.120. The molecule has 1 fully saturated rings. The summed E-state index contributed by atoms with van der Waals surface area (Å²) >= 11 is 0. The molecule has 1 aliphatic heterocycles. The van der Waals surface area contributed by atoms with Gasteiger partial charge < -0.3 is 65.4 Å². The van der Waals surface area contributed by atoms with E-state index in [0.29, 0.717) is 19.4 Å². The highest BCUT2D eigenvalue weighted by Crippen LogP contribution is 2.27. The van der Waals surface area contributed by atoms with Gasteiger partial charge in [-0.05, 0) is 116 Å². The Morgan fingerprint density at radius 1 is 0.489 bits per heavy atom. The Morgan fingerprint density at radius 3 is 1.40 bits per heavy atom. The number of aliphatic hydroxyl groups excluding tert-OH is 1. The van der Waals surface area contributed by atoms with Crippen LogP contribution in [0.25, 0.3) is 0 Å². The molecule has 0 aromatic rings. The summed E-state index contributed by atoms with van der Waals surface area (Å²) in [5.41, 5.74) is -1.01. The number of nitrogens with one attached hydrogen (secondary N) is 4. The average molecular weight is 1270 g/mol. The van der Waals surface area contributed by atoms with E-state index in [1.165, 1.54) is 94.6 Å². The third-order valence-corrected chi connectivity index (χ3v) is 17.3. The summed E-state index contributed by atoms with van der Waals surface area (Å²) in [7, 11) is 9.91. The van der Waals surface area contributed by atoms with Crippen molar-refractivity contribution >= 4 is 65.0 Å². The molecule has 0 unspecified atom stereocenters. The van der Waals surface area contributed by atoms with Gasteiger partial charge in [0.05, 0.1) is 11.7 Å². The van der Waals surface area contributed by atoms with E-state index in [4.69, 9.17) is 4.74 Å². The molecule has 5 N–H and O–H groups in total.